The van der Waals surface area contributed by atoms with Crippen LogP contribution in [-0.2, 0) is 14.6 Å². The maximum Gasteiger partial charge on any atom is 0.150 e. The number of nitrogens with one attached hydrogen (secondary N) is 1. The van der Waals surface area contributed by atoms with Crippen molar-refractivity contribution in [3.8, 4) is 0 Å². The summed E-state index contributed by atoms with van der Waals surface area (Å²) in [6.45, 7) is 2.23. The number of rotatable bonds is 6. The van der Waals surface area contributed by atoms with E-state index < -0.39 is 9.84 Å². The summed E-state index contributed by atoms with van der Waals surface area (Å²) in [5.74, 6) is 0.939. The fourth-order valence-corrected chi connectivity index (χ4v) is 3.01. The predicted molar refractivity (Wildman–Crippen MR) is 51.5 cm³/mol. The molecule has 0 aromatic heterocycles. The van der Waals surface area contributed by atoms with Crippen molar-refractivity contribution in [2.24, 2.45) is 5.92 Å². The summed E-state index contributed by atoms with van der Waals surface area (Å²) >= 11 is 0. The number of ether oxygens (including phenoxy) is 1. The lowest BCUT2D eigenvalue weighted by atomic mass is 10.1. The van der Waals surface area contributed by atoms with Gasteiger partial charge in [0, 0.05) is 26.8 Å². The first kappa shape index (κ1) is 10.9. The molecule has 0 atom stereocenters. The Morgan fingerprint density at radius 3 is 2.62 bits per heavy atom. The summed E-state index contributed by atoms with van der Waals surface area (Å²) < 4.78 is 27.7. The fourth-order valence-electron chi connectivity index (χ4n) is 1.33. The fraction of sp³-hybridized carbons (Fsp3) is 1.00. The smallest absolute Gasteiger partial charge is 0.150 e. The summed E-state index contributed by atoms with van der Waals surface area (Å²) in [5, 5.41) is 3.06. The van der Waals surface area contributed by atoms with Crippen LogP contribution in [0.5, 0.6) is 0 Å². The van der Waals surface area contributed by atoms with Crippen LogP contribution in [0.3, 0.4) is 0 Å². The van der Waals surface area contributed by atoms with Crippen molar-refractivity contribution in [3.63, 3.8) is 0 Å². The normalized spacial score (nSPS) is 18.5. The minimum absolute atomic E-state index is 0.261. The van der Waals surface area contributed by atoms with Gasteiger partial charge >= 0.3 is 0 Å². The maximum atomic E-state index is 11.4. The summed E-state index contributed by atoms with van der Waals surface area (Å²) in [7, 11) is -1.25. The Morgan fingerprint density at radius 1 is 1.46 bits per heavy atom. The molecule has 0 aromatic rings. The van der Waals surface area contributed by atoms with Crippen LogP contribution >= 0.6 is 0 Å². The van der Waals surface area contributed by atoms with Crippen LogP contribution in [0.1, 0.15) is 6.42 Å². The third-order valence-electron chi connectivity index (χ3n) is 2.16. The molecule has 0 saturated carbocycles. The molecule has 0 bridgehead atoms. The lowest BCUT2D eigenvalue weighted by molar-refractivity contribution is 0.199. The van der Waals surface area contributed by atoms with Gasteiger partial charge in [0.05, 0.1) is 11.5 Å². The molecule has 1 rings (SSSR count). The average Bonchev–Trinajstić information content (AvgIpc) is 1.98. The largest absolute Gasteiger partial charge is 0.385 e. The highest BCUT2D eigenvalue weighted by molar-refractivity contribution is 7.91. The minimum atomic E-state index is -2.83. The molecular formula is C8H17NO3S. The second-order valence-electron chi connectivity index (χ2n) is 3.48. The molecule has 1 saturated heterocycles. The Labute approximate surface area is 79.6 Å². The Balaban J connectivity index is 2.20. The van der Waals surface area contributed by atoms with Crippen molar-refractivity contribution < 1.29 is 13.2 Å². The van der Waals surface area contributed by atoms with Gasteiger partial charge in [0.2, 0.25) is 0 Å². The van der Waals surface area contributed by atoms with E-state index in [1.54, 1.807) is 7.11 Å². The molecule has 13 heavy (non-hydrogen) atoms. The Hall–Kier alpha value is -0.130. The Bertz CT molecular complexity index is 234. The molecule has 78 valence electrons. The summed E-state index contributed by atoms with van der Waals surface area (Å²) in [6, 6.07) is 0. The van der Waals surface area contributed by atoms with E-state index in [9.17, 15) is 8.42 Å². The predicted octanol–water partition coefficient (Wildman–Crippen LogP) is -0.343. The third-order valence-corrected chi connectivity index (χ3v) is 4.05. The van der Waals surface area contributed by atoms with Crippen molar-refractivity contribution >= 4 is 9.84 Å². The van der Waals surface area contributed by atoms with E-state index in [0.29, 0.717) is 24.7 Å². The van der Waals surface area contributed by atoms with Gasteiger partial charge in [0.15, 0.2) is 9.84 Å². The molecule has 0 radical (unpaired) electrons. The topological polar surface area (TPSA) is 55.4 Å². The van der Waals surface area contributed by atoms with Crippen LogP contribution in [0.25, 0.3) is 0 Å². The lowest BCUT2D eigenvalue weighted by Gasteiger charge is -2.26. The van der Waals surface area contributed by atoms with E-state index in [2.05, 4.69) is 5.32 Å². The van der Waals surface area contributed by atoms with Gasteiger partial charge in [-0.15, -0.1) is 0 Å². The van der Waals surface area contributed by atoms with E-state index in [1.807, 2.05) is 0 Å². The van der Waals surface area contributed by atoms with Gasteiger partial charge in [-0.05, 0) is 12.3 Å². The van der Waals surface area contributed by atoms with Gasteiger partial charge < -0.3 is 10.1 Å². The van der Waals surface area contributed by atoms with Gasteiger partial charge in [-0.2, -0.15) is 0 Å². The average molecular weight is 207 g/mol. The van der Waals surface area contributed by atoms with Gasteiger partial charge in [-0.3, -0.25) is 0 Å². The van der Waals surface area contributed by atoms with Gasteiger partial charge in [0.25, 0.3) is 0 Å². The third kappa shape index (κ3) is 4.06. The maximum absolute atomic E-state index is 11.4. The van der Waals surface area contributed by atoms with Crippen LogP contribution in [0.2, 0.25) is 0 Å². The standard InChI is InChI=1S/C8H17NO3S/c1-12-3-2-4-13(10,11)7-8-5-9-6-8/h8-9H,2-7H2,1H3. The summed E-state index contributed by atoms with van der Waals surface area (Å²) in [5.41, 5.74) is 0. The van der Waals surface area contributed by atoms with Crippen molar-refractivity contribution in [2.45, 2.75) is 6.42 Å². The van der Waals surface area contributed by atoms with E-state index in [0.717, 1.165) is 13.1 Å². The van der Waals surface area contributed by atoms with Crippen molar-refractivity contribution in [2.75, 3.05) is 38.3 Å². The number of methoxy groups -OCH3 is 1. The molecule has 0 aliphatic carbocycles. The molecule has 1 aliphatic rings. The van der Waals surface area contributed by atoms with E-state index in [4.69, 9.17) is 4.74 Å². The van der Waals surface area contributed by atoms with Crippen LogP contribution in [-0.4, -0.2) is 46.7 Å². The van der Waals surface area contributed by atoms with Crippen LogP contribution in [0.4, 0.5) is 0 Å². The van der Waals surface area contributed by atoms with E-state index in [-0.39, 0.29) is 5.75 Å². The summed E-state index contributed by atoms with van der Waals surface area (Å²) in [4.78, 5) is 0. The highest BCUT2D eigenvalue weighted by Gasteiger charge is 2.23. The lowest BCUT2D eigenvalue weighted by Crippen LogP contribution is -2.45. The second-order valence-corrected chi connectivity index (χ2v) is 5.71. The number of hydrogen-bond acceptors (Lipinski definition) is 4. The first-order chi connectivity index (χ1) is 6.14. The van der Waals surface area contributed by atoms with E-state index >= 15 is 0 Å². The molecule has 5 heteroatoms. The molecule has 1 N–H and O–H groups in total. The molecule has 1 heterocycles. The summed E-state index contributed by atoms with van der Waals surface area (Å²) in [6.07, 6.45) is 0.610. The number of sulfone groups is 1. The Morgan fingerprint density at radius 2 is 2.15 bits per heavy atom. The van der Waals surface area contributed by atoms with E-state index in [1.165, 1.54) is 0 Å². The first-order valence-corrected chi connectivity index (χ1v) is 6.36. The highest BCUT2D eigenvalue weighted by Crippen LogP contribution is 2.08. The van der Waals surface area contributed by atoms with Crippen molar-refractivity contribution in [3.05, 3.63) is 0 Å². The molecule has 1 fully saturated rings. The van der Waals surface area contributed by atoms with Crippen LogP contribution < -0.4 is 5.32 Å². The molecule has 1 aliphatic heterocycles. The second kappa shape index (κ2) is 4.93. The quantitative estimate of drug-likeness (QED) is 0.605. The Kier molecular flexibility index (Phi) is 4.15. The zero-order valence-electron chi connectivity index (χ0n) is 7.95. The molecule has 0 aromatic carbocycles. The minimum Gasteiger partial charge on any atom is -0.385 e. The zero-order valence-corrected chi connectivity index (χ0v) is 8.77. The molecular weight excluding hydrogens is 190 g/mol. The van der Waals surface area contributed by atoms with Gasteiger partial charge in [-0.25, -0.2) is 8.42 Å². The SMILES string of the molecule is COCCCS(=O)(=O)CC1CNC1. The van der Waals surface area contributed by atoms with Gasteiger partial charge in [0.1, 0.15) is 0 Å². The van der Waals surface area contributed by atoms with Crippen molar-refractivity contribution in [1.82, 2.24) is 5.32 Å². The molecule has 0 spiro atoms. The highest BCUT2D eigenvalue weighted by atomic mass is 32.2. The first-order valence-electron chi connectivity index (χ1n) is 4.54. The monoisotopic (exact) mass is 207 g/mol. The van der Waals surface area contributed by atoms with Crippen molar-refractivity contribution in [1.29, 1.82) is 0 Å². The molecule has 4 nitrogen and oxygen atoms in total. The van der Waals surface area contributed by atoms with Crippen LogP contribution in [0.15, 0.2) is 0 Å². The van der Waals surface area contributed by atoms with Gasteiger partial charge in [-0.1, -0.05) is 0 Å². The molecule has 0 amide bonds. The molecule has 0 unspecified atom stereocenters. The van der Waals surface area contributed by atoms with Crippen LogP contribution in [0, 0.1) is 5.92 Å². The zero-order chi connectivity index (χ0) is 9.73. The number of hydrogen-bond donors (Lipinski definition) is 1.